The largest absolute Gasteiger partial charge is 0.350 e. The summed E-state index contributed by atoms with van der Waals surface area (Å²) in [5.41, 5.74) is 1.85. The van der Waals surface area contributed by atoms with E-state index in [2.05, 4.69) is 10.3 Å². The van der Waals surface area contributed by atoms with Crippen LogP contribution in [0, 0.1) is 5.92 Å². The van der Waals surface area contributed by atoms with E-state index in [1.807, 2.05) is 13.0 Å². The van der Waals surface area contributed by atoms with Gasteiger partial charge >= 0.3 is 5.69 Å². The Kier molecular flexibility index (Phi) is 3.44. The highest BCUT2D eigenvalue weighted by atomic mass is 16.2. The lowest BCUT2D eigenvalue weighted by Gasteiger charge is -2.31. The van der Waals surface area contributed by atoms with E-state index < -0.39 is 0 Å². The highest BCUT2D eigenvalue weighted by Crippen LogP contribution is 2.31. The van der Waals surface area contributed by atoms with Crippen LogP contribution in [0.5, 0.6) is 0 Å². The number of carbonyl (C=O) groups is 2. The maximum absolute atomic E-state index is 12.7. The number of carbonyl (C=O) groups excluding carboxylic acids is 2. The first-order chi connectivity index (χ1) is 11.5. The lowest BCUT2D eigenvalue weighted by atomic mass is 10.1. The van der Waals surface area contributed by atoms with Gasteiger partial charge in [0, 0.05) is 24.7 Å². The van der Waals surface area contributed by atoms with Gasteiger partial charge < -0.3 is 15.2 Å². The number of aromatic nitrogens is 2. The number of fused-ring (bicyclic) bond motifs is 1. The van der Waals surface area contributed by atoms with Crippen LogP contribution in [0.15, 0.2) is 23.0 Å². The van der Waals surface area contributed by atoms with E-state index in [0.717, 1.165) is 12.1 Å². The Morgan fingerprint density at radius 1 is 1.29 bits per heavy atom. The van der Waals surface area contributed by atoms with Crippen LogP contribution in [0.3, 0.4) is 0 Å². The van der Waals surface area contributed by atoms with E-state index in [1.165, 1.54) is 12.8 Å². The third-order valence-corrected chi connectivity index (χ3v) is 4.68. The molecule has 1 saturated heterocycles. The first-order valence-corrected chi connectivity index (χ1v) is 8.32. The summed E-state index contributed by atoms with van der Waals surface area (Å²) < 4.78 is 1.75. The molecule has 2 aromatic rings. The fourth-order valence-corrected chi connectivity index (χ4v) is 3.31. The Morgan fingerprint density at radius 3 is 2.79 bits per heavy atom. The average Bonchev–Trinajstić information content (AvgIpc) is 3.29. The standard InChI is InChI=1S/C17H20N4O3/c1-10-7-20(9-15(22)18-10)16(23)12-4-5-14-13(6-12)19-17(24)21(14)8-11-2-3-11/h4-6,10-11H,2-3,7-9H2,1H3,(H,18,22)(H,19,24). The maximum atomic E-state index is 12.7. The molecule has 1 atom stereocenters. The van der Waals surface area contributed by atoms with Crippen molar-refractivity contribution in [3.63, 3.8) is 0 Å². The number of benzene rings is 1. The Labute approximate surface area is 138 Å². The third kappa shape index (κ3) is 2.70. The highest BCUT2D eigenvalue weighted by molar-refractivity contribution is 5.99. The molecule has 2 aliphatic rings. The molecule has 24 heavy (non-hydrogen) atoms. The van der Waals surface area contributed by atoms with Crippen LogP contribution >= 0.6 is 0 Å². The molecule has 1 aromatic heterocycles. The van der Waals surface area contributed by atoms with Crippen LogP contribution < -0.4 is 11.0 Å². The fraction of sp³-hybridized carbons (Fsp3) is 0.471. The van der Waals surface area contributed by atoms with Gasteiger partial charge in [0.15, 0.2) is 0 Å². The van der Waals surface area contributed by atoms with Gasteiger partial charge in [-0.05, 0) is 43.9 Å². The van der Waals surface area contributed by atoms with Crippen LogP contribution in [-0.2, 0) is 11.3 Å². The van der Waals surface area contributed by atoms with Crippen molar-refractivity contribution in [1.29, 1.82) is 0 Å². The van der Waals surface area contributed by atoms with Gasteiger partial charge in [-0.15, -0.1) is 0 Å². The molecule has 0 bridgehead atoms. The van der Waals surface area contributed by atoms with E-state index in [0.29, 0.717) is 23.5 Å². The topological polar surface area (TPSA) is 87.2 Å². The van der Waals surface area contributed by atoms with Crippen LogP contribution in [-0.4, -0.2) is 45.4 Å². The third-order valence-electron chi connectivity index (χ3n) is 4.68. The van der Waals surface area contributed by atoms with Gasteiger partial charge in [-0.2, -0.15) is 0 Å². The van der Waals surface area contributed by atoms with Crippen molar-refractivity contribution in [2.45, 2.75) is 32.4 Å². The van der Waals surface area contributed by atoms with E-state index in [9.17, 15) is 14.4 Å². The molecule has 1 aliphatic carbocycles. The first-order valence-electron chi connectivity index (χ1n) is 8.32. The van der Waals surface area contributed by atoms with Crippen molar-refractivity contribution in [2.75, 3.05) is 13.1 Å². The molecule has 1 unspecified atom stereocenters. The molecule has 1 aromatic carbocycles. The minimum Gasteiger partial charge on any atom is -0.350 e. The number of aromatic amines is 1. The number of nitrogens with zero attached hydrogens (tertiary/aromatic N) is 2. The van der Waals surface area contributed by atoms with Crippen molar-refractivity contribution >= 4 is 22.8 Å². The maximum Gasteiger partial charge on any atom is 0.326 e. The average molecular weight is 328 g/mol. The summed E-state index contributed by atoms with van der Waals surface area (Å²) in [6.07, 6.45) is 2.34. The van der Waals surface area contributed by atoms with Crippen LogP contribution in [0.1, 0.15) is 30.1 Å². The minimum atomic E-state index is -0.186. The number of hydrogen-bond donors (Lipinski definition) is 2. The molecule has 0 spiro atoms. The number of nitrogens with one attached hydrogen (secondary N) is 2. The summed E-state index contributed by atoms with van der Waals surface area (Å²) in [4.78, 5) is 40.8. The number of hydrogen-bond acceptors (Lipinski definition) is 3. The molecule has 1 saturated carbocycles. The molecule has 4 rings (SSSR count). The molecular weight excluding hydrogens is 308 g/mol. The molecule has 126 valence electrons. The minimum absolute atomic E-state index is 0.0571. The molecule has 2 amide bonds. The van der Waals surface area contributed by atoms with Crippen LogP contribution in [0.2, 0.25) is 0 Å². The van der Waals surface area contributed by atoms with Gasteiger partial charge in [0.25, 0.3) is 5.91 Å². The monoisotopic (exact) mass is 328 g/mol. The number of H-pyrrole nitrogens is 1. The van der Waals surface area contributed by atoms with E-state index in [4.69, 9.17) is 0 Å². The SMILES string of the molecule is CC1CN(C(=O)c2ccc3c(c2)[nH]c(=O)n3CC2CC2)CC(=O)N1. The summed E-state index contributed by atoms with van der Waals surface area (Å²) >= 11 is 0. The fourth-order valence-electron chi connectivity index (χ4n) is 3.31. The normalized spacial score (nSPS) is 21.1. The van der Waals surface area contributed by atoms with Crippen molar-refractivity contribution in [3.05, 3.63) is 34.2 Å². The first kappa shape index (κ1) is 15.0. The summed E-state index contributed by atoms with van der Waals surface area (Å²) in [5, 5.41) is 2.80. The summed E-state index contributed by atoms with van der Waals surface area (Å²) in [7, 11) is 0. The highest BCUT2D eigenvalue weighted by Gasteiger charge is 2.27. The van der Waals surface area contributed by atoms with Crippen LogP contribution in [0.4, 0.5) is 0 Å². The van der Waals surface area contributed by atoms with Gasteiger partial charge in [0.1, 0.15) is 0 Å². The Morgan fingerprint density at radius 2 is 2.08 bits per heavy atom. The molecule has 7 nitrogen and oxygen atoms in total. The Hall–Kier alpha value is -2.57. The van der Waals surface area contributed by atoms with Crippen molar-refractivity contribution in [2.24, 2.45) is 5.92 Å². The van der Waals surface area contributed by atoms with Gasteiger partial charge in [0.05, 0.1) is 17.6 Å². The Bertz CT molecular complexity index is 878. The second-order valence-electron chi connectivity index (χ2n) is 6.87. The molecule has 2 N–H and O–H groups in total. The van der Waals surface area contributed by atoms with Crippen molar-refractivity contribution in [3.8, 4) is 0 Å². The lowest BCUT2D eigenvalue weighted by Crippen LogP contribution is -2.54. The molecule has 0 radical (unpaired) electrons. The van der Waals surface area contributed by atoms with Gasteiger partial charge in [0.2, 0.25) is 5.91 Å². The zero-order valence-electron chi connectivity index (χ0n) is 13.5. The zero-order valence-corrected chi connectivity index (χ0v) is 13.5. The quantitative estimate of drug-likeness (QED) is 0.869. The Balaban J connectivity index is 1.63. The summed E-state index contributed by atoms with van der Waals surface area (Å²) in [6.45, 7) is 3.16. The van der Waals surface area contributed by atoms with Gasteiger partial charge in [-0.1, -0.05) is 0 Å². The summed E-state index contributed by atoms with van der Waals surface area (Å²) in [6, 6.07) is 5.20. The predicted molar refractivity (Wildman–Crippen MR) is 88.8 cm³/mol. The molecular formula is C17H20N4O3. The van der Waals surface area contributed by atoms with Crippen molar-refractivity contribution in [1.82, 2.24) is 19.8 Å². The second-order valence-corrected chi connectivity index (χ2v) is 6.87. The molecule has 2 heterocycles. The number of imidazole rings is 1. The van der Waals surface area contributed by atoms with Crippen molar-refractivity contribution < 1.29 is 9.59 Å². The lowest BCUT2D eigenvalue weighted by molar-refractivity contribution is -0.124. The number of piperazine rings is 1. The van der Waals surface area contributed by atoms with Gasteiger partial charge in [-0.3, -0.25) is 14.2 Å². The molecule has 2 fully saturated rings. The smallest absolute Gasteiger partial charge is 0.326 e. The summed E-state index contributed by atoms with van der Waals surface area (Å²) in [5.74, 6) is 0.262. The van der Waals surface area contributed by atoms with E-state index in [1.54, 1.807) is 21.6 Å². The van der Waals surface area contributed by atoms with E-state index >= 15 is 0 Å². The molecule has 7 heteroatoms. The van der Waals surface area contributed by atoms with Crippen LogP contribution in [0.25, 0.3) is 11.0 Å². The number of rotatable bonds is 3. The van der Waals surface area contributed by atoms with Gasteiger partial charge in [-0.25, -0.2) is 4.79 Å². The van der Waals surface area contributed by atoms with E-state index in [-0.39, 0.29) is 30.1 Å². The predicted octanol–water partition coefficient (Wildman–Crippen LogP) is 0.700. The number of amides is 2. The molecule has 1 aliphatic heterocycles. The second kappa shape index (κ2) is 5.51. The zero-order chi connectivity index (χ0) is 16.8.